The van der Waals surface area contributed by atoms with Gasteiger partial charge in [0.2, 0.25) is 0 Å². The van der Waals surface area contributed by atoms with Gasteiger partial charge in [-0.3, -0.25) is 0 Å². The highest BCUT2D eigenvalue weighted by Crippen LogP contribution is 2.32. The first-order chi connectivity index (χ1) is 15.7. The van der Waals surface area contributed by atoms with Crippen LogP contribution < -0.4 is 0 Å². The molecule has 1 aromatic rings. The molecule has 0 unspecified atom stereocenters. The smallest absolute Gasteiger partial charge is 0.0998 e. The van der Waals surface area contributed by atoms with Crippen LogP contribution in [0.15, 0.2) is 134 Å². The van der Waals surface area contributed by atoms with Gasteiger partial charge in [0.25, 0.3) is 0 Å². The Bertz CT molecular complexity index is 1500. The van der Waals surface area contributed by atoms with Crippen molar-refractivity contribution in [2.45, 2.75) is 0 Å². The van der Waals surface area contributed by atoms with E-state index in [1.54, 1.807) is 0 Å². The Morgan fingerprint density at radius 2 is 1.12 bits per heavy atom. The number of fused-ring (bicyclic) bond motifs is 4. The zero-order valence-corrected chi connectivity index (χ0v) is 16.9. The number of nitriles is 1. The molecule has 32 heavy (non-hydrogen) atoms. The molecule has 5 aliphatic heterocycles. The molecule has 0 fully saturated rings. The van der Waals surface area contributed by atoms with Gasteiger partial charge in [-0.2, -0.15) is 5.26 Å². The van der Waals surface area contributed by atoms with E-state index in [2.05, 4.69) is 16.1 Å². The number of rotatable bonds is 1. The Balaban J connectivity index is 1.53. The van der Waals surface area contributed by atoms with Crippen LogP contribution in [-0.4, -0.2) is 22.8 Å². The lowest BCUT2D eigenvalue weighted by molar-refractivity contribution is 1.40. The van der Waals surface area contributed by atoms with Crippen molar-refractivity contribution in [2.24, 2.45) is 20.0 Å². The number of allylic oxidation sites excluding steroid dienone is 12. The molecule has 5 nitrogen and oxygen atoms in total. The number of aliphatic imine (C=N–C) groups is 4. The molecule has 0 atom stereocenters. The molecule has 0 N–H and O–H groups in total. The Morgan fingerprint density at radius 3 is 1.75 bits per heavy atom. The molecule has 0 aliphatic carbocycles. The Hall–Kier alpha value is -4.69. The fourth-order valence-corrected chi connectivity index (χ4v) is 3.93. The number of hydrogen-bond acceptors (Lipinski definition) is 5. The van der Waals surface area contributed by atoms with Gasteiger partial charge in [-0.15, -0.1) is 0 Å². The molecule has 8 bridgehead atoms. The van der Waals surface area contributed by atoms with Crippen LogP contribution >= 0.6 is 0 Å². The van der Waals surface area contributed by atoms with Crippen molar-refractivity contribution >= 4 is 28.4 Å². The van der Waals surface area contributed by atoms with Crippen molar-refractivity contribution in [2.75, 3.05) is 0 Å². The summed E-state index contributed by atoms with van der Waals surface area (Å²) in [6, 6.07) is 9.85. The summed E-state index contributed by atoms with van der Waals surface area (Å²) in [4.78, 5) is 18.9. The molecule has 5 heterocycles. The SMILES string of the molecule is N#Cc1ccccc1C1=CC2=NC1=CC1=NC(=CC3=NC(=CC4=NC(=C2)C=C4)C=C3)C=C1. The van der Waals surface area contributed by atoms with Crippen LogP contribution in [0.5, 0.6) is 0 Å². The largest absolute Gasteiger partial charge is 0.249 e. The van der Waals surface area contributed by atoms with Gasteiger partial charge < -0.3 is 0 Å². The average Bonchev–Trinajstić information content (AvgIpc) is 3.59. The van der Waals surface area contributed by atoms with E-state index >= 15 is 0 Å². The molecule has 0 aromatic heterocycles. The third-order valence-electron chi connectivity index (χ3n) is 5.38. The molecule has 0 amide bonds. The van der Waals surface area contributed by atoms with Crippen LogP contribution in [0.2, 0.25) is 0 Å². The highest BCUT2D eigenvalue weighted by atomic mass is 14.8. The second-order valence-corrected chi connectivity index (χ2v) is 7.60. The quantitative estimate of drug-likeness (QED) is 0.645. The Labute approximate surface area is 185 Å². The number of hydrogen-bond donors (Lipinski definition) is 0. The van der Waals surface area contributed by atoms with Crippen molar-refractivity contribution in [3.63, 3.8) is 0 Å². The van der Waals surface area contributed by atoms with Crippen molar-refractivity contribution < 1.29 is 0 Å². The maximum atomic E-state index is 9.62. The fraction of sp³-hybridized carbons (Fsp3) is 0. The first-order valence-electron chi connectivity index (χ1n) is 10.2. The monoisotopic (exact) mass is 409 g/mol. The zero-order chi connectivity index (χ0) is 21.5. The molecular formula is C27H15N5. The first kappa shape index (κ1) is 18.1. The van der Waals surface area contributed by atoms with E-state index in [1.165, 1.54) is 0 Å². The van der Waals surface area contributed by atoms with Gasteiger partial charge in [-0.25, -0.2) is 20.0 Å². The van der Waals surface area contributed by atoms with E-state index in [4.69, 9.17) is 9.98 Å². The Morgan fingerprint density at radius 1 is 0.562 bits per heavy atom. The van der Waals surface area contributed by atoms with Gasteiger partial charge >= 0.3 is 0 Å². The molecule has 0 radical (unpaired) electrons. The third-order valence-corrected chi connectivity index (χ3v) is 5.38. The summed E-state index contributed by atoms with van der Waals surface area (Å²) >= 11 is 0. The van der Waals surface area contributed by atoms with E-state index < -0.39 is 0 Å². The molecule has 148 valence electrons. The molecule has 5 heteroatoms. The molecular weight excluding hydrogens is 394 g/mol. The van der Waals surface area contributed by atoms with Gasteiger partial charge in [0, 0.05) is 11.1 Å². The van der Waals surface area contributed by atoms with Crippen LogP contribution in [0.25, 0.3) is 5.57 Å². The maximum absolute atomic E-state index is 9.62. The Kier molecular flexibility index (Phi) is 4.09. The van der Waals surface area contributed by atoms with Gasteiger partial charge in [-0.05, 0) is 72.9 Å². The van der Waals surface area contributed by atoms with E-state index in [1.807, 2.05) is 91.1 Å². The van der Waals surface area contributed by atoms with Crippen molar-refractivity contribution in [3.8, 4) is 6.07 Å². The second kappa shape index (κ2) is 7.22. The predicted molar refractivity (Wildman–Crippen MR) is 129 cm³/mol. The summed E-state index contributed by atoms with van der Waals surface area (Å²) in [7, 11) is 0. The van der Waals surface area contributed by atoms with Gasteiger partial charge in [0.15, 0.2) is 0 Å². The van der Waals surface area contributed by atoms with E-state index in [9.17, 15) is 5.26 Å². The molecule has 6 rings (SSSR count). The standard InChI is InChI=1S/C27H15N5/c28-16-17-3-1-2-4-25(17)26-14-24-13-22-8-7-20(30-22)11-18-5-6-19(29-18)12-21-9-10-23(31-21)15-27(26)32-24/h1-15H. The lowest BCUT2D eigenvalue weighted by Gasteiger charge is -2.06. The molecule has 1 aromatic carbocycles. The molecule has 0 spiro atoms. The minimum absolute atomic E-state index is 0.609. The predicted octanol–water partition coefficient (Wildman–Crippen LogP) is 4.98. The minimum Gasteiger partial charge on any atom is -0.249 e. The highest BCUT2D eigenvalue weighted by molar-refractivity contribution is 6.19. The van der Waals surface area contributed by atoms with Gasteiger partial charge in [0.05, 0.1) is 57.3 Å². The van der Waals surface area contributed by atoms with Gasteiger partial charge in [0.1, 0.15) is 0 Å². The summed E-state index contributed by atoms with van der Waals surface area (Å²) in [5.41, 5.74) is 8.90. The topological polar surface area (TPSA) is 73.2 Å². The van der Waals surface area contributed by atoms with E-state index in [-0.39, 0.29) is 0 Å². The van der Waals surface area contributed by atoms with Crippen LogP contribution in [-0.2, 0) is 0 Å². The minimum atomic E-state index is 0.609. The summed E-state index contributed by atoms with van der Waals surface area (Å²) in [5.74, 6) is 0. The molecule has 5 aliphatic rings. The van der Waals surface area contributed by atoms with Crippen molar-refractivity contribution in [1.29, 1.82) is 5.26 Å². The second-order valence-electron chi connectivity index (χ2n) is 7.60. The summed E-state index contributed by atoms with van der Waals surface area (Å²) in [6.45, 7) is 0. The number of benzene rings is 1. The highest BCUT2D eigenvalue weighted by Gasteiger charge is 2.20. The maximum Gasteiger partial charge on any atom is 0.0998 e. The third kappa shape index (κ3) is 3.30. The average molecular weight is 409 g/mol. The summed E-state index contributed by atoms with van der Waals surface area (Å²) in [5, 5.41) is 9.62. The molecule has 0 saturated carbocycles. The van der Waals surface area contributed by atoms with Gasteiger partial charge in [-0.1, -0.05) is 18.2 Å². The van der Waals surface area contributed by atoms with Crippen molar-refractivity contribution in [1.82, 2.24) is 0 Å². The van der Waals surface area contributed by atoms with Crippen molar-refractivity contribution in [3.05, 3.63) is 125 Å². The first-order valence-corrected chi connectivity index (χ1v) is 10.2. The molecule has 0 saturated heterocycles. The van der Waals surface area contributed by atoms with Crippen LogP contribution in [0.3, 0.4) is 0 Å². The number of nitrogens with zero attached hydrogens (tertiary/aromatic N) is 5. The van der Waals surface area contributed by atoms with Crippen LogP contribution in [0.1, 0.15) is 11.1 Å². The zero-order valence-electron chi connectivity index (χ0n) is 16.9. The van der Waals surface area contributed by atoms with E-state index in [0.717, 1.165) is 56.8 Å². The summed E-state index contributed by atoms with van der Waals surface area (Å²) < 4.78 is 0. The lowest BCUT2D eigenvalue weighted by Crippen LogP contribution is -1.93. The van der Waals surface area contributed by atoms with Crippen LogP contribution in [0.4, 0.5) is 0 Å². The van der Waals surface area contributed by atoms with Crippen LogP contribution in [0, 0.1) is 11.3 Å². The summed E-state index contributed by atoms with van der Waals surface area (Å²) in [6.07, 6.45) is 21.6. The normalized spacial score (nSPS) is 19.9. The lowest BCUT2D eigenvalue weighted by atomic mass is 9.97. The van der Waals surface area contributed by atoms with E-state index in [0.29, 0.717) is 5.56 Å². The fourth-order valence-electron chi connectivity index (χ4n) is 3.93.